The van der Waals surface area contributed by atoms with Crippen molar-refractivity contribution in [1.82, 2.24) is 0 Å². The molecule has 0 fully saturated rings. The van der Waals surface area contributed by atoms with E-state index in [0.717, 1.165) is 19.2 Å². The number of carboxylic acid groups (broad SMARTS) is 1. The normalized spacial score (nSPS) is 10.9. The molecule has 0 aliphatic heterocycles. The summed E-state index contributed by atoms with van der Waals surface area (Å²) in [5, 5.41) is 10.3. The summed E-state index contributed by atoms with van der Waals surface area (Å²) in [6, 6.07) is 3.37. The van der Waals surface area contributed by atoms with Crippen LogP contribution in [0, 0.1) is 0 Å². The number of carbonyl (C=O) groups excluding carboxylic acids is 1. The molecule has 104 valence electrons. The number of hydrogen-bond acceptors (Lipinski definition) is 3. The molecule has 1 amide bonds. The Morgan fingerprint density at radius 3 is 2.47 bits per heavy atom. The molecule has 1 aromatic rings. The van der Waals surface area contributed by atoms with Crippen LogP contribution in [-0.4, -0.2) is 24.1 Å². The molecule has 0 bridgehead atoms. The zero-order valence-electron chi connectivity index (χ0n) is 9.75. The molecule has 0 spiro atoms. The minimum Gasteiger partial charge on any atom is -0.496 e. The average molecular weight is 277 g/mol. The minimum atomic E-state index is -4.74. The number of carbonyl (C=O) groups is 2. The predicted molar refractivity (Wildman–Crippen MR) is 58.9 cm³/mol. The first-order chi connectivity index (χ1) is 8.75. The molecule has 1 aromatic carbocycles. The molecule has 0 saturated carbocycles. The van der Waals surface area contributed by atoms with Crippen LogP contribution in [0.2, 0.25) is 0 Å². The molecule has 0 unspecified atom stereocenters. The first kappa shape index (κ1) is 14.8. The second-order valence-electron chi connectivity index (χ2n) is 3.50. The number of halogens is 3. The van der Waals surface area contributed by atoms with Gasteiger partial charge in [0.15, 0.2) is 0 Å². The molecule has 8 heteroatoms. The van der Waals surface area contributed by atoms with Gasteiger partial charge < -0.3 is 15.2 Å². The van der Waals surface area contributed by atoms with Gasteiger partial charge in [-0.15, -0.1) is 0 Å². The van der Waals surface area contributed by atoms with Gasteiger partial charge in [0.2, 0.25) is 5.91 Å². The first-order valence-electron chi connectivity index (χ1n) is 5.01. The van der Waals surface area contributed by atoms with Crippen LogP contribution >= 0.6 is 0 Å². The monoisotopic (exact) mass is 277 g/mol. The fourth-order valence-electron chi connectivity index (χ4n) is 1.43. The Hall–Kier alpha value is -2.25. The van der Waals surface area contributed by atoms with Crippen LogP contribution < -0.4 is 10.1 Å². The van der Waals surface area contributed by atoms with Gasteiger partial charge in [0.25, 0.3) is 0 Å². The van der Waals surface area contributed by atoms with Gasteiger partial charge in [-0.3, -0.25) is 9.59 Å². The molecule has 0 saturated heterocycles. The fraction of sp³-hybridized carbons (Fsp3) is 0.273. The van der Waals surface area contributed by atoms with Crippen molar-refractivity contribution in [3.8, 4) is 5.75 Å². The number of rotatable bonds is 4. The maximum absolute atomic E-state index is 12.9. The Kier molecular flexibility index (Phi) is 4.36. The van der Waals surface area contributed by atoms with Crippen molar-refractivity contribution in [1.29, 1.82) is 0 Å². The second kappa shape index (κ2) is 5.59. The number of methoxy groups -OCH3 is 1. The molecule has 0 atom stereocenters. The highest BCUT2D eigenvalue weighted by Crippen LogP contribution is 2.41. The highest BCUT2D eigenvalue weighted by molar-refractivity contribution is 6.01. The zero-order valence-corrected chi connectivity index (χ0v) is 9.75. The van der Waals surface area contributed by atoms with Crippen molar-refractivity contribution in [3.63, 3.8) is 0 Å². The standard InChI is InChI=1S/C11H10F3NO4/c1-19-7-4-2-3-6(10(7)11(12,13)14)15-8(16)5-9(17)18/h2-4H,5H2,1H3,(H,15,16)(H,17,18). The third kappa shape index (κ3) is 3.87. The summed E-state index contributed by atoms with van der Waals surface area (Å²) >= 11 is 0. The van der Waals surface area contributed by atoms with Crippen molar-refractivity contribution in [2.45, 2.75) is 12.6 Å². The van der Waals surface area contributed by atoms with Crippen molar-refractivity contribution in [2.24, 2.45) is 0 Å². The van der Waals surface area contributed by atoms with E-state index in [-0.39, 0.29) is 0 Å². The third-order valence-corrected chi connectivity index (χ3v) is 2.12. The number of aliphatic carboxylic acids is 1. The van der Waals surface area contributed by atoms with E-state index in [9.17, 15) is 22.8 Å². The number of hydrogen-bond donors (Lipinski definition) is 2. The third-order valence-electron chi connectivity index (χ3n) is 2.12. The van der Waals surface area contributed by atoms with Gasteiger partial charge >= 0.3 is 12.1 Å². The maximum Gasteiger partial charge on any atom is 0.421 e. The van der Waals surface area contributed by atoms with Crippen LogP contribution in [0.5, 0.6) is 5.75 Å². The lowest BCUT2D eigenvalue weighted by Gasteiger charge is -2.16. The number of carboxylic acids is 1. The van der Waals surface area contributed by atoms with E-state index in [0.29, 0.717) is 0 Å². The summed E-state index contributed by atoms with van der Waals surface area (Å²) in [6.07, 6.45) is -5.66. The SMILES string of the molecule is COc1cccc(NC(=O)CC(=O)O)c1C(F)(F)F. The van der Waals surface area contributed by atoms with E-state index in [1.54, 1.807) is 0 Å². The summed E-state index contributed by atoms with van der Waals surface area (Å²) in [5.74, 6) is -2.94. The molecular formula is C11H10F3NO4. The number of nitrogens with one attached hydrogen (secondary N) is 1. The van der Waals surface area contributed by atoms with Crippen LogP contribution in [0.3, 0.4) is 0 Å². The van der Waals surface area contributed by atoms with Crippen molar-refractivity contribution >= 4 is 17.6 Å². The van der Waals surface area contributed by atoms with Gasteiger partial charge in [-0.05, 0) is 12.1 Å². The van der Waals surface area contributed by atoms with E-state index < -0.39 is 41.5 Å². The van der Waals surface area contributed by atoms with E-state index in [2.05, 4.69) is 4.74 Å². The summed E-state index contributed by atoms with van der Waals surface area (Å²) in [4.78, 5) is 21.5. The molecule has 0 radical (unpaired) electrons. The Morgan fingerprint density at radius 2 is 2.00 bits per heavy atom. The summed E-state index contributed by atoms with van der Waals surface area (Å²) in [5.41, 5.74) is -1.70. The largest absolute Gasteiger partial charge is 0.496 e. The fourth-order valence-corrected chi connectivity index (χ4v) is 1.43. The van der Waals surface area contributed by atoms with Crippen molar-refractivity contribution < 1.29 is 32.6 Å². The molecule has 0 aliphatic carbocycles. The highest BCUT2D eigenvalue weighted by Gasteiger charge is 2.37. The van der Waals surface area contributed by atoms with E-state index >= 15 is 0 Å². The zero-order chi connectivity index (χ0) is 14.6. The smallest absolute Gasteiger partial charge is 0.421 e. The molecule has 5 nitrogen and oxygen atoms in total. The quantitative estimate of drug-likeness (QED) is 0.827. The number of benzene rings is 1. The number of anilines is 1. The lowest BCUT2D eigenvalue weighted by Crippen LogP contribution is -2.19. The van der Waals surface area contributed by atoms with Gasteiger partial charge in [0.05, 0.1) is 12.8 Å². The van der Waals surface area contributed by atoms with E-state index in [1.807, 2.05) is 5.32 Å². The first-order valence-corrected chi connectivity index (χ1v) is 5.01. The Morgan fingerprint density at radius 1 is 1.37 bits per heavy atom. The Balaban J connectivity index is 3.14. The van der Waals surface area contributed by atoms with Gasteiger partial charge in [0.1, 0.15) is 17.7 Å². The highest BCUT2D eigenvalue weighted by atomic mass is 19.4. The van der Waals surface area contributed by atoms with Crippen LogP contribution in [0.25, 0.3) is 0 Å². The number of alkyl halides is 3. The lowest BCUT2D eigenvalue weighted by molar-refractivity contribution is -0.139. The molecular weight excluding hydrogens is 267 g/mol. The topological polar surface area (TPSA) is 75.6 Å². The Bertz CT molecular complexity index is 499. The van der Waals surface area contributed by atoms with Crippen LogP contribution in [-0.2, 0) is 15.8 Å². The summed E-state index contributed by atoms with van der Waals surface area (Å²) in [7, 11) is 1.06. The van der Waals surface area contributed by atoms with Gasteiger partial charge in [-0.1, -0.05) is 6.07 Å². The van der Waals surface area contributed by atoms with Crippen molar-refractivity contribution in [3.05, 3.63) is 23.8 Å². The minimum absolute atomic E-state index is 0.458. The molecule has 0 heterocycles. The Labute approximate surface area is 106 Å². The molecule has 1 rings (SSSR count). The van der Waals surface area contributed by atoms with E-state index in [4.69, 9.17) is 5.11 Å². The summed E-state index contributed by atoms with van der Waals surface area (Å²) in [6.45, 7) is 0. The van der Waals surface area contributed by atoms with Crippen LogP contribution in [0.1, 0.15) is 12.0 Å². The molecule has 0 aromatic heterocycles. The predicted octanol–water partition coefficient (Wildman–Crippen LogP) is 2.13. The average Bonchev–Trinajstić information content (AvgIpc) is 2.25. The summed E-state index contributed by atoms with van der Waals surface area (Å²) < 4.78 is 43.2. The van der Waals surface area contributed by atoms with Crippen LogP contribution in [0.4, 0.5) is 18.9 Å². The van der Waals surface area contributed by atoms with Crippen LogP contribution in [0.15, 0.2) is 18.2 Å². The number of amides is 1. The maximum atomic E-state index is 12.9. The molecule has 0 aliphatic rings. The molecule has 19 heavy (non-hydrogen) atoms. The van der Waals surface area contributed by atoms with Gasteiger partial charge in [-0.2, -0.15) is 13.2 Å². The molecule has 2 N–H and O–H groups in total. The van der Waals surface area contributed by atoms with E-state index in [1.165, 1.54) is 6.07 Å². The number of ether oxygens (including phenoxy) is 1. The van der Waals surface area contributed by atoms with Crippen molar-refractivity contribution in [2.75, 3.05) is 12.4 Å². The van der Waals surface area contributed by atoms with Gasteiger partial charge in [-0.25, -0.2) is 0 Å². The second-order valence-corrected chi connectivity index (χ2v) is 3.50. The lowest BCUT2D eigenvalue weighted by atomic mass is 10.1. The van der Waals surface area contributed by atoms with Gasteiger partial charge in [0, 0.05) is 0 Å².